The van der Waals surface area contributed by atoms with E-state index in [-0.39, 0.29) is 6.04 Å². The SMILES string of the molecule is O=C(O)C1CCCCCN1. The highest BCUT2D eigenvalue weighted by Gasteiger charge is 2.17. The molecule has 1 heterocycles. The second-order valence-corrected chi connectivity index (χ2v) is 2.69. The predicted octanol–water partition coefficient (Wildman–Crippen LogP) is 0.603. The van der Waals surface area contributed by atoms with Gasteiger partial charge in [-0.15, -0.1) is 0 Å². The first-order valence-corrected chi connectivity index (χ1v) is 3.77. The van der Waals surface area contributed by atoms with Gasteiger partial charge >= 0.3 is 5.97 Å². The van der Waals surface area contributed by atoms with E-state index in [4.69, 9.17) is 5.11 Å². The molecule has 1 fully saturated rings. The highest BCUT2D eigenvalue weighted by Crippen LogP contribution is 2.07. The molecular formula is C7H13NO2. The molecule has 1 saturated heterocycles. The molecule has 2 N–H and O–H groups in total. The number of aliphatic carboxylic acids is 1. The molecular weight excluding hydrogens is 130 g/mol. The fraction of sp³-hybridized carbons (Fsp3) is 0.857. The molecule has 0 amide bonds. The van der Waals surface area contributed by atoms with Crippen molar-refractivity contribution in [2.75, 3.05) is 6.54 Å². The molecule has 0 aromatic carbocycles. The van der Waals surface area contributed by atoms with E-state index in [0.717, 1.165) is 32.2 Å². The number of nitrogens with one attached hydrogen (secondary N) is 1. The smallest absolute Gasteiger partial charge is 0.320 e. The van der Waals surface area contributed by atoms with Gasteiger partial charge in [-0.2, -0.15) is 0 Å². The highest BCUT2D eigenvalue weighted by molar-refractivity contribution is 5.73. The lowest BCUT2D eigenvalue weighted by Crippen LogP contribution is -2.35. The summed E-state index contributed by atoms with van der Waals surface area (Å²) in [5.41, 5.74) is 0. The normalized spacial score (nSPS) is 27.4. The third-order valence-corrected chi connectivity index (χ3v) is 1.86. The van der Waals surface area contributed by atoms with Crippen LogP contribution >= 0.6 is 0 Å². The van der Waals surface area contributed by atoms with Crippen LogP contribution in [0.3, 0.4) is 0 Å². The molecule has 58 valence electrons. The molecule has 3 nitrogen and oxygen atoms in total. The molecule has 0 bridgehead atoms. The van der Waals surface area contributed by atoms with Crippen molar-refractivity contribution in [3.8, 4) is 0 Å². The molecule has 1 aliphatic heterocycles. The van der Waals surface area contributed by atoms with Gasteiger partial charge in [0.1, 0.15) is 6.04 Å². The van der Waals surface area contributed by atoms with Gasteiger partial charge in [0.2, 0.25) is 0 Å². The summed E-state index contributed by atoms with van der Waals surface area (Å²) >= 11 is 0. The highest BCUT2D eigenvalue weighted by atomic mass is 16.4. The van der Waals surface area contributed by atoms with Crippen molar-refractivity contribution in [1.29, 1.82) is 0 Å². The Bertz CT molecular complexity index is 117. The van der Waals surface area contributed by atoms with Crippen molar-refractivity contribution >= 4 is 5.97 Å². The minimum absolute atomic E-state index is 0.289. The average molecular weight is 143 g/mol. The Kier molecular flexibility index (Phi) is 2.68. The standard InChI is InChI=1S/C7H13NO2/c9-7(10)6-4-2-1-3-5-8-6/h6,8H,1-5H2,(H,9,10). The molecule has 1 atom stereocenters. The lowest BCUT2D eigenvalue weighted by molar-refractivity contribution is -0.139. The first kappa shape index (κ1) is 7.54. The van der Waals surface area contributed by atoms with Crippen LogP contribution in [0.4, 0.5) is 0 Å². The van der Waals surface area contributed by atoms with Crippen LogP contribution < -0.4 is 5.32 Å². The Labute approximate surface area is 60.4 Å². The third-order valence-electron chi connectivity index (χ3n) is 1.86. The molecule has 1 rings (SSSR count). The van der Waals surface area contributed by atoms with Crippen molar-refractivity contribution in [2.45, 2.75) is 31.7 Å². The molecule has 0 aliphatic carbocycles. The van der Waals surface area contributed by atoms with E-state index in [1.165, 1.54) is 0 Å². The third kappa shape index (κ3) is 1.99. The number of hydrogen-bond donors (Lipinski definition) is 2. The van der Waals surface area contributed by atoms with Crippen molar-refractivity contribution in [2.24, 2.45) is 0 Å². The van der Waals surface area contributed by atoms with Crippen LogP contribution in [-0.4, -0.2) is 23.7 Å². The van der Waals surface area contributed by atoms with Gasteiger partial charge in [-0.3, -0.25) is 4.79 Å². The molecule has 0 spiro atoms. The lowest BCUT2D eigenvalue weighted by Gasteiger charge is -2.08. The summed E-state index contributed by atoms with van der Waals surface area (Å²) in [5.74, 6) is -0.707. The van der Waals surface area contributed by atoms with E-state index in [1.54, 1.807) is 0 Å². The topological polar surface area (TPSA) is 49.3 Å². The number of carbonyl (C=O) groups is 1. The maximum absolute atomic E-state index is 10.4. The summed E-state index contributed by atoms with van der Waals surface area (Å²) in [6, 6.07) is -0.289. The fourth-order valence-electron chi connectivity index (χ4n) is 1.24. The van der Waals surface area contributed by atoms with Crippen LogP contribution in [0.5, 0.6) is 0 Å². The zero-order valence-corrected chi connectivity index (χ0v) is 5.97. The first-order valence-electron chi connectivity index (χ1n) is 3.77. The lowest BCUT2D eigenvalue weighted by atomic mass is 10.1. The van der Waals surface area contributed by atoms with Crippen molar-refractivity contribution < 1.29 is 9.90 Å². The molecule has 1 unspecified atom stereocenters. The maximum atomic E-state index is 10.4. The van der Waals surface area contributed by atoms with E-state index in [0.29, 0.717) is 0 Å². The summed E-state index contributed by atoms with van der Waals surface area (Å²) in [7, 11) is 0. The largest absolute Gasteiger partial charge is 0.480 e. The van der Waals surface area contributed by atoms with Gasteiger partial charge < -0.3 is 10.4 Å². The molecule has 0 radical (unpaired) electrons. The quantitative estimate of drug-likeness (QED) is 0.565. The van der Waals surface area contributed by atoms with E-state index in [9.17, 15) is 4.79 Å². The first-order chi connectivity index (χ1) is 4.80. The Hall–Kier alpha value is -0.570. The van der Waals surface area contributed by atoms with Crippen LogP contribution in [0.15, 0.2) is 0 Å². The zero-order chi connectivity index (χ0) is 7.40. The fourth-order valence-corrected chi connectivity index (χ4v) is 1.24. The number of carboxylic acid groups (broad SMARTS) is 1. The number of hydrogen-bond acceptors (Lipinski definition) is 2. The average Bonchev–Trinajstić information content (AvgIpc) is 2.12. The summed E-state index contributed by atoms with van der Waals surface area (Å²) in [5, 5.41) is 11.6. The van der Waals surface area contributed by atoms with Crippen LogP contribution in [0, 0.1) is 0 Å². The van der Waals surface area contributed by atoms with Crippen LogP contribution in [0.1, 0.15) is 25.7 Å². The minimum atomic E-state index is -0.707. The van der Waals surface area contributed by atoms with E-state index < -0.39 is 5.97 Å². The van der Waals surface area contributed by atoms with Gasteiger partial charge in [-0.25, -0.2) is 0 Å². The van der Waals surface area contributed by atoms with Crippen LogP contribution in [-0.2, 0) is 4.79 Å². The van der Waals surface area contributed by atoms with Crippen molar-refractivity contribution in [3.63, 3.8) is 0 Å². The van der Waals surface area contributed by atoms with Gasteiger partial charge in [-0.1, -0.05) is 12.8 Å². The number of rotatable bonds is 1. The van der Waals surface area contributed by atoms with Gasteiger partial charge in [0.25, 0.3) is 0 Å². The van der Waals surface area contributed by atoms with Crippen LogP contribution in [0.2, 0.25) is 0 Å². The van der Waals surface area contributed by atoms with Gasteiger partial charge in [0, 0.05) is 0 Å². The molecule has 1 aliphatic rings. The Morgan fingerprint density at radius 1 is 1.40 bits per heavy atom. The van der Waals surface area contributed by atoms with Gasteiger partial charge in [0.15, 0.2) is 0 Å². The molecule has 3 heteroatoms. The molecule has 0 aromatic rings. The minimum Gasteiger partial charge on any atom is -0.480 e. The summed E-state index contributed by atoms with van der Waals surface area (Å²) in [4.78, 5) is 10.4. The van der Waals surface area contributed by atoms with Crippen molar-refractivity contribution in [3.05, 3.63) is 0 Å². The van der Waals surface area contributed by atoms with Crippen molar-refractivity contribution in [1.82, 2.24) is 5.32 Å². The molecule has 10 heavy (non-hydrogen) atoms. The second kappa shape index (κ2) is 3.56. The maximum Gasteiger partial charge on any atom is 0.320 e. The predicted molar refractivity (Wildman–Crippen MR) is 37.9 cm³/mol. The molecule has 0 saturated carbocycles. The van der Waals surface area contributed by atoms with Crippen LogP contribution in [0.25, 0.3) is 0 Å². The van der Waals surface area contributed by atoms with Gasteiger partial charge in [-0.05, 0) is 19.4 Å². The van der Waals surface area contributed by atoms with Gasteiger partial charge in [0.05, 0.1) is 0 Å². The summed E-state index contributed by atoms with van der Waals surface area (Å²) in [6.45, 7) is 0.858. The van der Waals surface area contributed by atoms with E-state index in [1.807, 2.05) is 0 Å². The number of carboxylic acids is 1. The zero-order valence-electron chi connectivity index (χ0n) is 5.97. The summed E-state index contributed by atoms with van der Waals surface area (Å²) < 4.78 is 0. The monoisotopic (exact) mass is 143 g/mol. The summed E-state index contributed by atoms with van der Waals surface area (Å²) in [6.07, 6.45) is 4.11. The Morgan fingerprint density at radius 3 is 2.90 bits per heavy atom. The second-order valence-electron chi connectivity index (χ2n) is 2.69. The van der Waals surface area contributed by atoms with E-state index in [2.05, 4.69) is 5.32 Å². The Balaban J connectivity index is 2.35. The van der Waals surface area contributed by atoms with E-state index >= 15 is 0 Å². The Morgan fingerprint density at radius 2 is 2.20 bits per heavy atom. The molecule has 0 aromatic heterocycles.